The third kappa shape index (κ3) is 4.72. The average Bonchev–Trinajstić information content (AvgIpc) is 3.99. The second-order valence-electron chi connectivity index (χ2n) is 18.1. The summed E-state index contributed by atoms with van der Waals surface area (Å²) in [4.78, 5) is 5.28. The van der Waals surface area contributed by atoms with Gasteiger partial charge in [0, 0.05) is 19.6 Å². The fourth-order valence-corrected chi connectivity index (χ4v) is 15.8. The van der Waals surface area contributed by atoms with E-state index in [9.17, 15) is 0 Å². The molecule has 2 aliphatic heterocycles. The monoisotopic (exact) mass is 888 g/mol. The topological polar surface area (TPSA) is 0 Å². The Morgan fingerprint density at radius 1 is 0.209 bits per heavy atom. The zero-order valence-electron chi connectivity index (χ0n) is 37.3. The van der Waals surface area contributed by atoms with Gasteiger partial charge in [0.25, 0.3) is 0 Å². The molecule has 0 N–H and O–H groups in total. The largest absolute Gasteiger partial charge is 0.0894 e. The Hall–Kier alpha value is -7.10. The summed E-state index contributed by atoms with van der Waals surface area (Å²) >= 11 is 3.81. The van der Waals surface area contributed by atoms with Crippen molar-refractivity contribution < 1.29 is 0 Å². The molecule has 0 nitrogen and oxygen atoms in total. The molecule has 15 rings (SSSR count). The van der Waals surface area contributed by atoms with Crippen LogP contribution in [0.1, 0.15) is 80.6 Å². The first-order valence-electron chi connectivity index (χ1n) is 23.7. The van der Waals surface area contributed by atoms with Gasteiger partial charge in [-0.3, -0.25) is 0 Å². The molecule has 0 radical (unpaired) electrons. The van der Waals surface area contributed by atoms with Crippen molar-refractivity contribution in [2.75, 3.05) is 0 Å². The minimum atomic E-state index is -0.688. The van der Waals surface area contributed by atoms with Gasteiger partial charge in [-0.05, 0) is 124 Å². The van der Waals surface area contributed by atoms with Gasteiger partial charge in [-0.25, -0.2) is 0 Å². The first-order valence-corrected chi connectivity index (χ1v) is 25.3. The molecule has 2 heteroatoms. The summed E-state index contributed by atoms with van der Waals surface area (Å²) < 4.78 is 0. The highest BCUT2D eigenvalue weighted by Crippen LogP contribution is 2.69. The first-order chi connectivity index (χ1) is 33.3. The Labute approximate surface area is 401 Å². The summed E-state index contributed by atoms with van der Waals surface area (Å²) in [5.41, 5.74) is 22.4. The Bertz CT molecular complexity index is 3370. The van der Waals surface area contributed by atoms with Gasteiger partial charge in [-0.1, -0.05) is 244 Å². The van der Waals surface area contributed by atoms with Gasteiger partial charge >= 0.3 is 0 Å². The van der Waals surface area contributed by atoms with Crippen molar-refractivity contribution in [3.63, 3.8) is 0 Å². The quantitative estimate of drug-likeness (QED) is 0.170. The molecule has 0 saturated heterocycles. The SMILES string of the molecule is CC.c1ccc2c(c1)Sc1ccccc1C21c2ccccc2-c2c1cccc2C1(c2cccc3c2-c2ccccc2C32c3ccccc3Sc3ccccc32)c2ccccc2-c2ccccc21. The van der Waals surface area contributed by atoms with Crippen molar-refractivity contribution in [3.8, 4) is 33.4 Å². The Kier molecular flexibility index (Phi) is 8.43. The van der Waals surface area contributed by atoms with Crippen molar-refractivity contribution in [3.05, 3.63) is 297 Å². The predicted molar refractivity (Wildman–Crippen MR) is 278 cm³/mol. The van der Waals surface area contributed by atoms with Crippen molar-refractivity contribution >= 4 is 23.5 Å². The lowest BCUT2D eigenvalue weighted by Crippen LogP contribution is -2.34. The van der Waals surface area contributed by atoms with Crippen molar-refractivity contribution in [1.82, 2.24) is 0 Å². The van der Waals surface area contributed by atoms with E-state index in [2.05, 4.69) is 231 Å². The maximum Gasteiger partial charge on any atom is 0.0735 e. The van der Waals surface area contributed by atoms with Gasteiger partial charge in [0.1, 0.15) is 0 Å². The van der Waals surface area contributed by atoms with Crippen LogP contribution < -0.4 is 0 Å². The fourth-order valence-electron chi connectivity index (χ4n) is 13.4. The molecule has 0 unspecified atom stereocenters. The lowest BCUT2D eigenvalue weighted by Gasteiger charge is -2.41. The highest BCUT2D eigenvalue weighted by Gasteiger charge is 2.57. The van der Waals surface area contributed by atoms with Crippen molar-refractivity contribution in [1.29, 1.82) is 0 Å². The van der Waals surface area contributed by atoms with E-state index in [1.165, 1.54) is 120 Å². The maximum atomic E-state index is 2.49. The third-order valence-corrected chi connectivity index (χ3v) is 17.8. The van der Waals surface area contributed by atoms with Crippen LogP contribution in [0.4, 0.5) is 0 Å². The Balaban J connectivity index is 0.00000211. The first kappa shape index (κ1) is 39.1. The second kappa shape index (κ2) is 14.4. The van der Waals surface area contributed by atoms with Crippen LogP contribution in [0.5, 0.6) is 0 Å². The van der Waals surface area contributed by atoms with Crippen molar-refractivity contribution in [2.24, 2.45) is 0 Å². The normalized spacial score (nSPS) is 15.6. The van der Waals surface area contributed by atoms with Crippen LogP contribution in [0.3, 0.4) is 0 Å². The summed E-state index contributed by atoms with van der Waals surface area (Å²) in [5.74, 6) is 0. The predicted octanol–water partition coefficient (Wildman–Crippen LogP) is 16.7. The van der Waals surface area contributed by atoms with Crippen LogP contribution in [0, 0.1) is 0 Å². The van der Waals surface area contributed by atoms with Gasteiger partial charge in [0.05, 0.1) is 16.2 Å². The molecule has 3 aliphatic carbocycles. The van der Waals surface area contributed by atoms with Gasteiger partial charge in [-0.15, -0.1) is 0 Å². The van der Waals surface area contributed by atoms with E-state index in [0.717, 1.165) is 0 Å². The molecule has 2 heterocycles. The van der Waals surface area contributed by atoms with E-state index in [1.54, 1.807) is 0 Å². The molecule has 0 aromatic heterocycles. The highest BCUT2D eigenvalue weighted by atomic mass is 32.2. The number of benzene rings is 10. The van der Waals surface area contributed by atoms with Crippen LogP contribution in [0.25, 0.3) is 33.4 Å². The lowest BCUT2D eigenvalue weighted by molar-refractivity contribution is 0.713. The molecule has 0 saturated carbocycles. The Morgan fingerprint density at radius 2 is 0.418 bits per heavy atom. The van der Waals surface area contributed by atoms with Gasteiger partial charge in [0.15, 0.2) is 0 Å². The van der Waals surface area contributed by atoms with E-state index in [0.29, 0.717) is 0 Å². The van der Waals surface area contributed by atoms with Crippen molar-refractivity contribution in [2.45, 2.75) is 49.7 Å². The maximum absolute atomic E-state index is 2.49. The van der Waals surface area contributed by atoms with E-state index in [-0.39, 0.29) is 0 Å². The number of rotatable bonds is 2. The average molecular weight is 889 g/mol. The molecule has 0 bridgehead atoms. The zero-order chi connectivity index (χ0) is 44.5. The molecular formula is C65H44S2. The molecule has 10 aromatic carbocycles. The fraction of sp³-hybridized carbons (Fsp3) is 0.0769. The molecule has 0 amide bonds. The number of hydrogen-bond acceptors (Lipinski definition) is 2. The Morgan fingerprint density at radius 3 is 0.731 bits per heavy atom. The molecule has 0 atom stereocenters. The molecule has 0 fully saturated rings. The minimum absolute atomic E-state index is 0.498. The van der Waals surface area contributed by atoms with E-state index >= 15 is 0 Å². The van der Waals surface area contributed by atoms with Gasteiger partial charge < -0.3 is 0 Å². The lowest BCUT2D eigenvalue weighted by atomic mass is 9.62. The van der Waals surface area contributed by atoms with Gasteiger partial charge in [-0.2, -0.15) is 0 Å². The summed E-state index contributed by atoms with van der Waals surface area (Å²) in [6.45, 7) is 4.00. The van der Waals surface area contributed by atoms with Crippen LogP contribution in [-0.2, 0) is 16.2 Å². The summed E-state index contributed by atoms with van der Waals surface area (Å²) in [7, 11) is 0. The standard InChI is InChI=1S/C63H38S2.C2H6/c1-5-23-43-39(19-1)40-20-2-6-24-44(40)61(43,51-31-17-33-53-59(51)41-21-3-7-25-45(41)62(53)47-27-9-13-35-55(47)64-56-36-14-10-28-48(56)62)52-32-18-34-54-60(52)42-22-4-8-26-46(42)63(54)49-29-11-15-37-57(49)65-58-38-16-12-30-50(58)63;1-2/h1-38H;1-2H3. The van der Waals surface area contributed by atoms with Crippen LogP contribution in [0.2, 0.25) is 0 Å². The molecule has 67 heavy (non-hydrogen) atoms. The molecule has 316 valence electrons. The minimum Gasteiger partial charge on any atom is -0.0894 e. The summed E-state index contributed by atoms with van der Waals surface area (Å²) in [6.07, 6.45) is 0. The van der Waals surface area contributed by atoms with Crippen LogP contribution >= 0.6 is 23.5 Å². The molecule has 5 aliphatic rings. The number of hydrogen-bond donors (Lipinski definition) is 0. The van der Waals surface area contributed by atoms with Crippen LogP contribution in [0.15, 0.2) is 250 Å². The van der Waals surface area contributed by atoms with Gasteiger partial charge in [0.2, 0.25) is 0 Å². The highest BCUT2D eigenvalue weighted by molar-refractivity contribution is 7.99. The van der Waals surface area contributed by atoms with E-state index in [1.807, 2.05) is 37.4 Å². The third-order valence-electron chi connectivity index (χ3n) is 15.5. The smallest absolute Gasteiger partial charge is 0.0735 e. The molecular weight excluding hydrogens is 845 g/mol. The van der Waals surface area contributed by atoms with E-state index < -0.39 is 16.2 Å². The number of fused-ring (bicyclic) bond motifs is 21. The van der Waals surface area contributed by atoms with Crippen LogP contribution in [-0.4, -0.2) is 0 Å². The van der Waals surface area contributed by atoms with E-state index in [4.69, 9.17) is 0 Å². The zero-order valence-corrected chi connectivity index (χ0v) is 38.9. The summed E-state index contributed by atoms with van der Waals surface area (Å²) in [5, 5.41) is 0. The summed E-state index contributed by atoms with van der Waals surface area (Å²) in [6, 6.07) is 88.6. The molecule has 10 aromatic rings. The molecule has 2 spiro atoms. The second-order valence-corrected chi connectivity index (χ2v) is 20.2.